The molecule has 3 heteroatoms. The Morgan fingerprint density at radius 3 is 2.11 bits per heavy atom. The van der Waals surface area contributed by atoms with Crippen LogP contribution in [0, 0.1) is 0 Å². The van der Waals surface area contributed by atoms with Gasteiger partial charge in [0.2, 0.25) is 0 Å². The van der Waals surface area contributed by atoms with Crippen LogP contribution in [0.5, 0.6) is 0 Å². The average molecular weight is 148 g/mol. The Morgan fingerprint density at radius 2 is 2.00 bits per heavy atom. The zero-order valence-corrected chi connectivity index (χ0v) is 6.57. The number of carbonyl (C=O) groups is 1. The van der Waals surface area contributed by atoms with Crippen LogP contribution in [0.15, 0.2) is 0 Å². The third-order valence-corrected chi connectivity index (χ3v) is 3.03. The second-order valence-corrected chi connectivity index (χ2v) is 4.04. The number of carboxylic acids is 1. The van der Waals surface area contributed by atoms with E-state index in [1.165, 1.54) is 5.37 Å². The lowest BCUT2D eigenvalue weighted by Crippen LogP contribution is -1.97. The van der Waals surface area contributed by atoms with E-state index in [0.29, 0.717) is 0 Å². The summed E-state index contributed by atoms with van der Waals surface area (Å²) < 4.78 is 0. The monoisotopic (exact) mass is 148 g/mol. The molecular formula is C6H12O2S. The summed E-state index contributed by atoms with van der Waals surface area (Å²) in [5, 5.41) is 9.69. The number of hydrogen-bond donors (Lipinski definition) is 1. The van der Waals surface area contributed by atoms with Crippen LogP contribution in [0.1, 0.15) is 13.8 Å². The van der Waals surface area contributed by atoms with E-state index in [1.807, 2.05) is 13.8 Å². The van der Waals surface area contributed by atoms with Gasteiger partial charge in [-0.3, -0.25) is 0 Å². The molecule has 0 radical (unpaired) electrons. The van der Waals surface area contributed by atoms with Gasteiger partial charge >= 0.3 is 5.97 Å². The molecule has 0 rings (SSSR count). The Balaban J connectivity index is 3.91. The maximum Gasteiger partial charge on any atom is 0.333 e. The molecule has 0 aromatic heterocycles. The van der Waals surface area contributed by atoms with Crippen molar-refractivity contribution in [3.63, 3.8) is 0 Å². The molecular weight excluding hydrogens is 136 g/mol. The molecule has 0 aliphatic carbocycles. The summed E-state index contributed by atoms with van der Waals surface area (Å²) in [5.74, 6) is 1.10. The van der Waals surface area contributed by atoms with Gasteiger partial charge in [0.1, 0.15) is 0 Å². The molecule has 2 nitrogen and oxygen atoms in total. The van der Waals surface area contributed by atoms with Crippen LogP contribution in [0.3, 0.4) is 0 Å². The minimum atomic E-state index is -0.790. The Morgan fingerprint density at radius 1 is 1.56 bits per heavy atom. The molecule has 0 atom stereocenters. The lowest BCUT2D eigenvalue weighted by atomic mass is 10.8. The summed E-state index contributed by atoms with van der Waals surface area (Å²) >= 11 is 0. The molecule has 0 aromatic rings. The molecule has 0 bridgehead atoms. The molecule has 0 heterocycles. The van der Waals surface area contributed by atoms with Crippen molar-refractivity contribution in [1.82, 2.24) is 0 Å². The molecule has 0 saturated heterocycles. The normalized spacial score (nSPS) is 9.67. The highest BCUT2D eigenvalue weighted by Crippen LogP contribution is 2.07. The van der Waals surface area contributed by atoms with Gasteiger partial charge in [0.05, 0.1) is 0 Å². The van der Waals surface area contributed by atoms with Crippen molar-refractivity contribution in [2.45, 2.75) is 13.8 Å². The number of rotatable bonds is 3. The van der Waals surface area contributed by atoms with Crippen LogP contribution >= 0.6 is 10.5 Å². The minimum Gasteiger partial charge on any atom is -0.478 e. The fourth-order valence-electron chi connectivity index (χ4n) is 0.513. The highest BCUT2D eigenvalue weighted by molar-refractivity contribution is 8.15. The number of hydrogen-bond acceptors (Lipinski definition) is 1. The average Bonchev–Trinajstić information content (AvgIpc) is 1.82. The molecule has 0 fully saturated rings. The molecule has 54 valence electrons. The zero-order valence-electron chi connectivity index (χ0n) is 5.76. The molecule has 0 saturated carbocycles. The minimum absolute atomic E-state index is 0.00694. The van der Waals surface area contributed by atoms with Crippen LogP contribution in [0.25, 0.3) is 0 Å². The quantitative estimate of drug-likeness (QED) is 0.610. The van der Waals surface area contributed by atoms with Gasteiger partial charge in [-0.15, -0.1) is 0 Å². The standard InChI is InChI=1S/C6H12O2S/c1-3-9(4-2)5-6(7)8/h5H,3-4H2,1-2H3,(H,7,8). The molecule has 1 N–H and O–H groups in total. The highest BCUT2D eigenvalue weighted by Gasteiger charge is 1.91. The van der Waals surface area contributed by atoms with Crippen molar-refractivity contribution in [3.05, 3.63) is 0 Å². The molecule has 9 heavy (non-hydrogen) atoms. The molecule has 0 spiro atoms. The van der Waals surface area contributed by atoms with Crippen molar-refractivity contribution in [2.24, 2.45) is 0 Å². The first kappa shape index (κ1) is 8.69. The van der Waals surface area contributed by atoms with E-state index in [-0.39, 0.29) is 10.5 Å². The van der Waals surface area contributed by atoms with Crippen molar-refractivity contribution < 1.29 is 9.90 Å². The zero-order chi connectivity index (χ0) is 7.28. The van der Waals surface area contributed by atoms with Gasteiger partial charge in [-0.25, -0.2) is 4.79 Å². The maximum absolute atomic E-state index is 10.1. The fourth-order valence-corrected chi connectivity index (χ4v) is 1.54. The van der Waals surface area contributed by atoms with Crippen LogP contribution in [-0.4, -0.2) is 27.9 Å². The topological polar surface area (TPSA) is 37.3 Å². The van der Waals surface area contributed by atoms with E-state index in [1.54, 1.807) is 0 Å². The van der Waals surface area contributed by atoms with Gasteiger partial charge in [0.15, 0.2) is 0 Å². The van der Waals surface area contributed by atoms with Crippen molar-refractivity contribution in [3.8, 4) is 0 Å². The van der Waals surface area contributed by atoms with E-state index in [9.17, 15) is 4.79 Å². The summed E-state index contributed by atoms with van der Waals surface area (Å²) in [6.07, 6.45) is 0. The predicted octanol–water partition coefficient (Wildman–Crippen LogP) is 1.18. The highest BCUT2D eigenvalue weighted by atomic mass is 32.2. The Labute approximate surface area is 57.8 Å². The first-order valence-corrected chi connectivity index (χ1v) is 4.57. The largest absolute Gasteiger partial charge is 0.478 e. The predicted molar refractivity (Wildman–Crippen MR) is 42.4 cm³/mol. The van der Waals surface area contributed by atoms with Crippen LogP contribution in [0.4, 0.5) is 0 Å². The molecule has 0 aromatic carbocycles. The van der Waals surface area contributed by atoms with Gasteiger partial charge in [-0.2, -0.15) is 10.5 Å². The van der Waals surface area contributed by atoms with Gasteiger partial charge in [-0.1, -0.05) is 13.8 Å². The lowest BCUT2D eigenvalue weighted by molar-refractivity contribution is -0.128. The van der Waals surface area contributed by atoms with Crippen LogP contribution < -0.4 is 0 Å². The fraction of sp³-hybridized carbons (Fsp3) is 0.667. The van der Waals surface area contributed by atoms with E-state index in [2.05, 4.69) is 0 Å². The first-order valence-electron chi connectivity index (χ1n) is 2.94. The summed E-state index contributed by atoms with van der Waals surface area (Å²) in [5.41, 5.74) is 0. The van der Waals surface area contributed by atoms with E-state index >= 15 is 0 Å². The molecule has 0 amide bonds. The summed E-state index contributed by atoms with van der Waals surface area (Å²) in [6.45, 7) is 4.01. The Hall–Kier alpha value is -0.310. The van der Waals surface area contributed by atoms with Gasteiger partial charge in [0.25, 0.3) is 0 Å². The summed E-state index contributed by atoms with van der Waals surface area (Å²) in [7, 11) is 0.00694. The van der Waals surface area contributed by atoms with Crippen LogP contribution in [0.2, 0.25) is 0 Å². The smallest absolute Gasteiger partial charge is 0.333 e. The number of aliphatic carboxylic acids is 1. The Kier molecular flexibility index (Phi) is 4.40. The van der Waals surface area contributed by atoms with Crippen molar-refractivity contribution in [1.29, 1.82) is 0 Å². The van der Waals surface area contributed by atoms with E-state index in [0.717, 1.165) is 11.5 Å². The SMILES string of the molecule is CCS(=CC(=O)O)CC. The van der Waals surface area contributed by atoms with Crippen molar-refractivity contribution >= 4 is 21.8 Å². The third-order valence-electron chi connectivity index (χ3n) is 1.01. The molecule has 0 aliphatic rings. The summed E-state index contributed by atoms with van der Waals surface area (Å²) in [4.78, 5) is 10.1. The Bertz CT molecular complexity index is 123. The van der Waals surface area contributed by atoms with Gasteiger partial charge in [0, 0.05) is 5.37 Å². The van der Waals surface area contributed by atoms with Gasteiger partial charge in [-0.05, 0) is 11.5 Å². The van der Waals surface area contributed by atoms with Crippen molar-refractivity contribution in [2.75, 3.05) is 11.5 Å². The van der Waals surface area contributed by atoms with E-state index in [4.69, 9.17) is 5.11 Å². The maximum atomic E-state index is 10.1. The molecule has 0 unspecified atom stereocenters. The number of carboxylic acid groups (broad SMARTS) is 1. The van der Waals surface area contributed by atoms with E-state index < -0.39 is 5.97 Å². The summed E-state index contributed by atoms with van der Waals surface area (Å²) in [6, 6.07) is 0. The second-order valence-electron chi connectivity index (χ2n) is 1.57. The third kappa shape index (κ3) is 4.21. The first-order chi connectivity index (χ1) is 4.20. The van der Waals surface area contributed by atoms with Crippen LogP contribution in [-0.2, 0) is 4.79 Å². The molecule has 0 aliphatic heterocycles. The lowest BCUT2D eigenvalue weighted by Gasteiger charge is -1.97. The van der Waals surface area contributed by atoms with Gasteiger partial charge < -0.3 is 5.11 Å². The second kappa shape index (κ2) is 4.56.